The molecule has 246 valence electrons. The van der Waals surface area contributed by atoms with Gasteiger partial charge in [-0.05, 0) is 70.8 Å². The fraction of sp³-hybridized carbons (Fsp3) is 0. The SMILES string of the molecule is O=C(O)c1ccccc1/C=C/c1nc(/C=C/c2ccccc2C(=O)O)c(/C=C/c2ccccc2C(=O)O)nc1/C=C/c1ccccc1C(=O)O. The van der Waals surface area contributed by atoms with E-state index in [1.807, 2.05) is 0 Å². The van der Waals surface area contributed by atoms with Gasteiger partial charge in [-0.3, -0.25) is 0 Å². The predicted molar refractivity (Wildman–Crippen MR) is 191 cm³/mol. The maximum absolute atomic E-state index is 11.9. The monoisotopic (exact) mass is 664 g/mol. The van der Waals surface area contributed by atoms with Gasteiger partial charge in [0.2, 0.25) is 0 Å². The molecule has 0 radical (unpaired) electrons. The van der Waals surface area contributed by atoms with Gasteiger partial charge in [0.1, 0.15) is 0 Å². The van der Waals surface area contributed by atoms with Gasteiger partial charge in [0.05, 0.1) is 45.0 Å². The highest BCUT2D eigenvalue weighted by Crippen LogP contribution is 2.23. The van der Waals surface area contributed by atoms with E-state index < -0.39 is 23.9 Å². The third-order valence-electron chi connectivity index (χ3n) is 7.45. The van der Waals surface area contributed by atoms with Crippen LogP contribution in [0.25, 0.3) is 48.6 Å². The summed E-state index contributed by atoms with van der Waals surface area (Å²) in [5, 5.41) is 38.8. The van der Waals surface area contributed by atoms with Crippen LogP contribution in [-0.4, -0.2) is 54.3 Å². The summed E-state index contributed by atoms with van der Waals surface area (Å²) < 4.78 is 0. The van der Waals surface area contributed by atoms with Crippen molar-refractivity contribution in [1.82, 2.24) is 9.97 Å². The Morgan fingerprint density at radius 2 is 0.540 bits per heavy atom. The molecule has 0 aliphatic carbocycles. The van der Waals surface area contributed by atoms with E-state index >= 15 is 0 Å². The van der Waals surface area contributed by atoms with Crippen molar-refractivity contribution in [2.75, 3.05) is 0 Å². The van der Waals surface area contributed by atoms with Crippen molar-refractivity contribution in [3.63, 3.8) is 0 Å². The Balaban J connectivity index is 1.73. The summed E-state index contributed by atoms with van der Waals surface area (Å²) in [6.45, 7) is 0. The average molecular weight is 665 g/mol. The maximum Gasteiger partial charge on any atom is 0.336 e. The fourth-order valence-corrected chi connectivity index (χ4v) is 5.00. The number of carbonyl (C=O) groups is 4. The molecule has 0 aliphatic rings. The lowest BCUT2D eigenvalue weighted by molar-refractivity contribution is 0.0686. The van der Waals surface area contributed by atoms with Crippen molar-refractivity contribution in [3.05, 3.63) is 164 Å². The molecule has 5 rings (SSSR count). The molecule has 0 bridgehead atoms. The predicted octanol–water partition coefficient (Wildman–Crippen LogP) is 7.95. The van der Waals surface area contributed by atoms with Crippen LogP contribution in [0.4, 0.5) is 0 Å². The molecule has 0 spiro atoms. The van der Waals surface area contributed by atoms with E-state index in [1.165, 1.54) is 24.3 Å². The number of hydrogen-bond donors (Lipinski definition) is 4. The molecular weight excluding hydrogens is 636 g/mol. The van der Waals surface area contributed by atoms with Crippen molar-refractivity contribution in [3.8, 4) is 0 Å². The van der Waals surface area contributed by atoms with Gasteiger partial charge >= 0.3 is 23.9 Å². The number of aromatic nitrogens is 2. The van der Waals surface area contributed by atoms with E-state index in [9.17, 15) is 39.6 Å². The van der Waals surface area contributed by atoms with Gasteiger partial charge in [0.15, 0.2) is 0 Å². The minimum absolute atomic E-state index is 0.0613. The van der Waals surface area contributed by atoms with Crippen LogP contribution in [0.15, 0.2) is 97.1 Å². The molecule has 0 saturated carbocycles. The van der Waals surface area contributed by atoms with Crippen molar-refractivity contribution in [2.24, 2.45) is 0 Å². The molecule has 10 nitrogen and oxygen atoms in total. The second-order valence-corrected chi connectivity index (χ2v) is 10.7. The molecule has 4 N–H and O–H groups in total. The molecule has 0 fully saturated rings. The first-order valence-corrected chi connectivity index (χ1v) is 15.1. The number of rotatable bonds is 12. The third kappa shape index (κ3) is 8.20. The molecule has 10 heteroatoms. The van der Waals surface area contributed by atoms with Crippen LogP contribution >= 0.6 is 0 Å². The summed E-state index contributed by atoms with van der Waals surface area (Å²) in [6, 6.07) is 25.6. The first kappa shape index (κ1) is 34.1. The second kappa shape index (κ2) is 15.6. The average Bonchev–Trinajstić information content (AvgIpc) is 3.12. The molecule has 0 aliphatic heterocycles. The van der Waals surface area contributed by atoms with E-state index in [4.69, 9.17) is 9.97 Å². The Kier molecular flexibility index (Phi) is 10.6. The third-order valence-corrected chi connectivity index (χ3v) is 7.45. The number of benzene rings is 4. The molecule has 5 aromatic rings. The highest BCUT2D eigenvalue weighted by Gasteiger charge is 2.13. The Bertz CT molecular complexity index is 1940. The number of aromatic carboxylic acids is 4. The molecular formula is C40H28N2O8. The lowest BCUT2D eigenvalue weighted by atomic mass is 10.0. The minimum atomic E-state index is -1.12. The quantitative estimate of drug-likeness (QED) is 0.102. The number of nitrogens with zero attached hydrogens (tertiary/aromatic N) is 2. The smallest absolute Gasteiger partial charge is 0.336 e. The minimum Gasteiger partial charge on any atom is -0.478 e. The fourth-order valence-electron chi connectivity index (χ4n) is 5.00. The van der Waals surface area contributed by atoms with Crippen LogP contribution < -0.4 is 0 Å². The van der Waals surface area contributed by atoms with Gasteiger partial charge in [-0.15, -0.1) is 0 Å². The highest BCUT2D eigenvalue weighted by atomic mass is 16.4. The zero-order chi connectivity index (χ0) is 35.6. The van der Waals surface area contributed by atoms with Gasteiger partial charge < -0.3 is 20.4 Å². The molecule has 4 aromatic carbocycles. The van der Waals surface area contributed by atoms with E-state index in [1.54, 1.807) is 121 Å². The van der Waals surface area contributed by atoms with Crippen LogP contribution in [0.3, 0.4) is 0 Å². The van der Waals surface area contributed by atoms with Crippen LogP contribution in [0, 0.1) is 0 Å². The number of carboxylic acid groups (broad SMARTS) is 4. The molecule has 1 aromatic heterocycles. The first-order chi connectivity index (χ1) is 24.1. The van der Waals surface area contributed by atoms with Crippen LogP contribution in [-0.2, 0) is 0 Å². The lowest BCUT2D eigenvalue weighted by Crippen LogP contribution is -2.02. The van der Waals surface area contributed by atoms with Crippen molar-refractivity contribution in [1.29, 1.82) is 0 Å². The normalized spacial score (nSPS) is 11.5. The van der Waals surface area contributed by atoms with Gasteiger partial charge in [-0.2, -0.15) is 0 Å². The Hall–Kier alpha value is -7.20. The van der Waals surface area contributed by atoms with Crippen molar-refractivity contribution >= 4 is 72.5 Å². The highest BCUT2D eigenvalue weighted by molar-refractivity contribution is 5.97. The summed E-state index contributed by atoms with van der Waals surface area (Å²) >= 11 is 0. The van der Waals surface area contributed by atoms with Crippen molar-refractivity contribution in [2.45, 2.75) is 0 Å². The largest absolute Gasteiger partial charge is 0.478 e. The zero-order valence-corrected chi connectivity index (χ0v) is 26.2. The molecule has 0 amide bonds. The molecule has 50 heavy (non-hydrogen) atoms. The summed E-state index contributed by atoms with van der Waals surface area (Å²) in [6.07, 6.45) is 12.6. The Morgan fingerprint density at radius 3 is 0.740 bits per heavy atom. The summed E-state index contributed by atoms with van der Waals surface area (Å²) in [5.41, 5.74) is 2.96. The van der Waals surface area contributed by atoms with Gasteiger partial charge in [-0.1, -0.05) is 97.1 Å². The van der Waals surface area contributed by atoms with Crippen LogP contribution in [0.2, 0.25) is 0 Å². The van der Waals surface area contributed by atoms with E-state index in [0.717, 1.165) is 0 Å². The van der Waals surface area contributed by atoms with Crippen LogP contribution in [0.1, 0.15) is 86.5 Å². The van der Waals surface area contributed by atoms with E-state index in [-0.39, 0.29) is 45.0 Å². The molecule has 0 unspecified atom stereocenters. The second-order valence-electron chi connectivity index (χ2n) is 10.7. The molecule has 0 saturated heterocycles. The van der Waals surface area contributed by atoms with E-state index in [0.29, 0.717) is 22.3 Å². The molecule has 1 heterocycles. The standard InChI is InChI=1S/C40H28N2O8/c43-37(44)29-13-5-1-9-25(29)17-21-33-34(22-18-26-10-2-6-14-30(26)38(45)46)42-36(24-20-28-12-4-8-16-32(28)40(49)50)35(41-33)23-19-27-11-3-7-15-31(27)39(47)48/h1-24H,(H,43,44)(H,45,46)(H,47,48)(H,49,50)/b21-17+,22-18+,23-19+,24-20+. The van der Waals surface area contributed by atoms with Gasteiger partial charge in [0.25, 0.3) is 0 Å². The maximum atomic E-state index is 11.9. The number of carboxylic acids is 4. The van der Waals surface area contributed by atoms with Gasteiger partial charge in [-0.25, -0.2) is 29.1 Å². The zero-order valence-electron chi connectivity index (χ0n) is 26.2. The van der Waals surface area contributed by atoms with Crippen molar-refractivity contribution < 1.29 is 39.6 Å². The Labute approximate surface area is 286 Å². The summed E-state index contributed by atoms with van der Waals surface area (Å²) in [5.74, 6) is -4.48. The van der Waals surface area contributed by atoms with E-state index in [2.05, 4.69) is 0 Å². The van der Waals surface area contributed by atoms with Gasteiger partial charge in [0, 0.05) is 0 Å². The summed E-state index contributed by atoms with van der Waals surface area (Å²) in [7, 11) is 0. The number of hydrogen-bond acceptors (Lipinski definition) is 6. The molecule has 0 atom stereocenters. The topological polar surface area (TPSA) is 175 Å². The first-order valence-electron chi connectivity index (χ1n) is 15.1. The van der Waals surface area contributed by atoms with Crippen LogP contribution in [0.5, 0.6) is 0 Å². The Morgan fingerprint density at radius 1 is 0.340 bits per heavy atom. The lowest BCUT2D eigenvalue weighted by Gasteiger charge is -2.09. The summed E-state index contributed by atoms with van der Waals surface area (Å²) in [4.78, 5) is 57.2.